The highest BCUT2D eigenvalue weighted by Crippen LogP contribution is 2.25. The van der Waals surface area contributed by atoms with Crippen LogP contribution in [0.5, 0.6) is 11.5 Å². The number of carbonyl (C=O) groups excluding carboxylic acids is 1. The molecule has 0 heterocycles. The van der Waals surface area contributed by atoms with Gasteiger partial charge < -0.3 is 19.5 Å². The van der Waals surface area contributed by atoms with Gasteiger partial charge in [0.05, 0.1) is 17.9 Å². The Kier molecular flexibility index (Phi) is 9.04. The molecule has 166 valence electrons. The van der Waals surface area contributed by atoms with E-state index in [0.29, 0.717) is 49.2 Å². The van der Waals surface area contributed by atoms with Crippen LogP contribution in [0.25, 0.3) is 0 Å². The minimum Gasteiger partial charge on any atom is -0.490 e. The normalized spacial score (nSPS) is 10.3. The lowest BCUT2D eigenvalue weighted by Gasteiger charge is -2.15. The summed E-state index contributed by atoms with van der Waals surface area (Å²) in [4.78, 5) is 12.8. The number of hydrogen-bond acceptors (Lipinski definition) is 5. The summed E-state index contributed by atoms with van der Waals surface area (Å²) >= 11 is 5.36. The predicted octanol–water partition coefficient (Wildman–Crippen LogP) is 4.81. The quantitative estimate of drug-likeness (QED) is 0.341. The van der Waals surface area contributed by atoms with Crippen molar-refractivity contribution in [2.45, 2.75) is 13.5 Å². The summed E-state index contributed by atoms with van der Waals surface area (Å²) in [6.45, 7) is 3.76. The number of ether oxygens (including phenoxy) is 3. The molecule has 3 aromatic carbocycles. The molecular formula is C25H26N2O4S. The Hall–Kier alpha value is -3.42. The molecule has 0 aliphatic carbocycles. The molecule has 3 rings (SSSR count). The van der Waals surface area contributed by atoms with Crippen molar-refractivity contribution in [3.05, 3.63) is 90.0 Å². The van der Waals surface area contributed by atoms with Gasteiger partial charge in [0.25, 0.3) is 5.91 Å². The molecule has 7 heteroatoms. The van der Waals surface area contributed by atoms with Crippen LogP contribution in [0.3, 0.4) is 0 Å². The number of rotatable bonds is 10. The number of benzene rings is 3. The van der Waals surface area contributed by atoms with E-state index in [2.05, 4.69) is 10.6 Å². The third-order valence-corrected chi connectivity index (χ3v) is 4.62. The first-order valence-corrected chi connectivity index (χ1v) is 10.8. The van der Waals surface area contributed by atoms with E-state index in [1.54, 1.807) is 18.2 Å². The Morgan fingerprint density at radius 1 is 0.844 bits per heavy atom. The van der Waals surface area contributed by atoms with E-state index < -0.39 is 0 Å². The molecule has 0 aromatic heterocycles. The van der Waals surface area contributed by atoms with E-state index in [1.165, 1.54) is 0 Å². The second-order valence-corrected chi connectivity index (χ2v) is 7.13. The van der Waals surface area contributed by atoms with Gasteiger partial charge >= 0.3 is 0 Å². The van der Waals surface area contributed by atoms with Crippen LogP contribution in [0, 0.1) is 0 Å². The average Bonchev–Trinajstić information content (AvgIpc) is 2.82. The number of amides is 1. The molecule has 3 aromatic rings. The van der Waals surface area contributed by atoms with Crippen LogP contribution in [0.2, 0.25) is 0 Å². The van der Waals surface area contributed by atoms with Crippen molar-refractivity contribution in [2.75, 3.05) is 25.1 Å². The molecule has 0 fully saturated rings. The summed E-state index contributed by atoms with van der Waals surface area (Å²) in [7, 11) is 0. The fourth-order valence-electron chi connectivity index (χ4n) is 2.89. The first kappa shape index (κ1) is 23.2. The van der Waals surface area contributed by atoms with E-state index in [4.69, 9.17) is 26.4 Å². The molecular weight excluding hydrogens is 424 g/mol. The van der Waals surface area contributed by atoms with Crippen molar-refractivity contribution in [1.29, 1.82) is 0 Å². The maximum atomic E-state index is 12.8. The minimum absolute atomic E-state index is 0.162. The van der Waals surface area contributed by atoms with Gasteiger partial charge in [-0.1, -0.05) is 54.6 Å². The van der Waals surface area contributed by atoms with Crippen molar-refractivity contribution >= 4 is 28.9 Å². The lowest BCUT2D eigenvalue weighted by molar-refractivity contribution is 0.0958. The number of hydrogen-bond donors (Lipinski definition) is 2. The van der Waals surface area contributed by atoms with Gasteiger partial charge in [0, 0.05) is 6.61 Å². The lowest BCUT2D eigenvalue weighted by atomic mass is 10.2. The van der Waals surface area contributed by atoms with E-state index >= 15 is 0 Å². The largest absolute Gasteiger partial charge is 0.490 e. The Bertz CT molecular complexity index is 1030. The highest BCUT2D eigenvalue weighted by Gasteiger charge is 2.14. The maximum Gasteiger partial charge on any atom is 0.261 e. The molecule has 32 heavy (non-hydrogen) atoms. The van der Waals surface area contributed by atoms with Crippen LogP contribution in [-0.2, 0) is 11.3 Å². The fourth-order valence-corrected chi connectivity index (χ4v) is 3.09. The first-order chi connectivity index (χ1) is 15.7. The summed E-state index contributed by atoms with van der Waals surface area (Å²) in [6.07, 6.45) is 0. The van der Waals surface area contributed by atoms with Crippen molar-refractivity contribution in [3.63, 3.8) is 0 Å². The molecule has 0 unspecified atom stereocenters. The molecule has 6 nitrogen and oxygen atoms in total. The molecule has 1 amide bonds. The van der Waals surface area contributed by atoms with Crippen molar-refractivity contribution in [3.8, 4) is 11.5 Å². The van der Waals surface area contributed by atoms with Crippen molar-refractivity contribution in [2.24, 2.45) is 0 Å². The number of anilines is 1. The zero-order valence-corrected chi connectivity index (χ0v) is 18.7. The van der Waals surface area contributed by atoms with E-state index in [0.717, 1.165) is 5.56 Å². The number of carbonyl (C=O) groups is 1. The third kappa shape index (κ3) is 7.08. The molecule has 0 saturated carbocycles. The van der Waals surface area contributed by atoms with Gasteiger partial charge in [-0.2, -0.15) is 0 Å². The highest BCUT2D eigenvalue weighted by atomic mass is 32.1. The summed E-state index contributed by atoms with van der Waals surface area (Å²) < 4.78 is 16.9. The van der Waals surface area contributed by atoms with Gasteiger partial charge in [-0.05, 0) is 49.0 Å². The Balaban J connectivity index is 1.60. The van der Waals surface area contributed by atoms with Crippen LogP contribution in [-0.4, -0.2) is 30.8 Å². The van der Waals surface area contributed by atoms with E-state index in [-0.39, 0.29) is 11.0 Å². The molecule has 0 radical (unpaired) electrons. The smallest absolute Gasteiger partial charge is 0.261 e. The number of para-hydroxylation sites is 3. The average molecular weight is 451 g/mol. The first-order valence-electron chi connectivity index (χ1n) is 10.3. The number of nitrogens with one attached hydrogen (secondary N) is 2. The van der Waals surface area contributed by atoms with Gasteiger partial charge in [-0.25, -0.2) is 0 Å². The van der Waals surface area contributed by atoms with Gasteiger partial charge in [0.15, 0.2) is 5.11 Å². The minimum atomic E-state index is -0.364. The summed E-state index contributed by atoms with van der Waals surface area (Å²) in [5.41, 5.74) is 2.11. The third-order valence-electron chi connectivity index (χ3n) is 4.42. The van der Waals surface area contributed by atoms with Crippen LogP contribution in [0.15, 0.2) is 78.9 Å². The van der Waals surface area contributed by atoms with Crippen LogP contribution in [0.4, 0.5) is 5.69 Å². The van der Waals surface area contributed by atoms with Crippen LogP contribution in [0.1, 0.15) is 22.8 Å². The van der Waals surface area contributed by atoms with Crippen molar-refractivity contribution < 1.29 is 19.0 Å². The molecule has 0 aliphatic rings. The van der Waals surface area contributed by atoms with Gasteiger partial charge in [-0.15, -0.1) is 0 Å². The highest BCUT2D eigenvalue weighted by molar-refractivity contribution is 7.80. The standard InChI is InChI=1S/C25H26N2O4S/c1-2-29-16-17-30-22-14-8-6-12-20(22)24(28)27-25(32)26-21-13-7-9-15-23(21)31-18-19-10-4-3-5-11-19/h3-15H,2,16-18H2,1H3,(H2,26,27,28,32). The molecule has 0 saturated heterocycles. The van der Waals surface area contributed by atoms with E-state index in [1.807, 2.05) is 67.6 Å². The van der Waals surface area contributed by atoms with Crippen LogP contribution < -0.4 is 20.1 Å². The summed E-state index contributed by atoms with van der Waals surface area (Å²) in [6, 6.07) is 24.3. The van der Waals surface area contributed by atoms with Crippen LogP contribution >= 0.6 is 12.2 Å². The summed E-state index contributed by atoms with van der Waals surface area (Å²) in [5.74, 6) is 0.740. The molecule has 0 spiro atoms. The molecule has 2 N–H and O–H groups in total. The fraction of sp³-hybridized carbons (Fsp3) is 0.200. The molecule has 0 aliphatic heterocycles. The second-order valence-electron chi connectivity index (χ2n) is 6.72. The Morgan fingerprint density at radius 2 is 1.53 bits per heavy atom. The SMILES string of the molecule is CCOCCOc1ccccc1C(=O)NC(=S)Nc1ccccc1OCc1ccccc1. The van der Waals surface area contributed by atoms with Gasteiger partial charge in [-0.3, -0.25) is 10.1 Å². The Morgan fingerprint density at radius 3 is 2.31 bits per heavy atom. The predicted molar refractivity (Wildman–Crippen MR) is 129 cm³/mol. The molecule has 0 atom stereocenters. The Labute approximate surface area is 193 Å². The zero-order valence-electron chi connectivity index (χ0n) is 17.9. The van der Waals surface area contributed by atoms with Gasteiger partial charge in [0.2, 0.25) is 0 Å². The lowest BCUT2D eigenvalue weighted by Crippen LogP contribution is -2.34. The van der Waals surface area contributed by atoms with Crippen molar-refractivity contribution in [1.82, 2.24) is 5.32 Å². The topological polar surface area (TPSA) is 68.8 Å². The monoisotopic (exact) mass is 450 g/mol. The molecule has 0 bridgehead atoms. The number of thiocarbonyl (C=S) groups is 1. The van der Waals surface area contributed by atoms with Gasteiger partial charge in [0.1, 0.15) is 24.7 Å². The van der Waals surface area contributed by atoms with E-state index in [9.17, 15) is 4.79 Å². The second kappa shape index (κ2) is 12.4. The zero-order chi connectivity index (χ0) is 22.6. The maximum absolute atomic E-state index is 12.8. The summed E-state index contributed by atoms with van der Waals surface area (Å²) in [5, 5.41) is 5.90.